The molecule has 6 nitrogen and oxygen atoms in total. The van der Waals surface area contributed by atoms with Crippen molar-refractivity contribution < 1.29 is 13.2 Å². The topological polar surface area (TPSA) is 79.4 Å². The third-order valence-corrected chi connectivity index (χ3v) is 7.12. The number of nitrogens with one attached hydrogen (secondary N) is 1. The van der Waals surface area contributed by atoms with E-state index in [-0.39, 0.29) is 11.8 Å². The van der Waals surface area contributed by atoms with Gasteiger partial charge in [0, 0.05) is 35.9 Å². The van der Waals surface area contributed by atoms with Gasteiger partial charge in [-0.05, 0) is 18.4 Å². The molecule has 2 heterocycles. The molecule has 1 amide bonds. The Morgan fingerprint density at radius 3 is 2.72 bits per heavy atom. The van der Waals surface area contributed by atoms with Gasteiger partial charge in [0.15, 0.2) is 5.13 Å². The minimum absolute atomic E-state index is 0.0612. The van der Waals surface area contributed by atoms with Gasteiger partial charge < -0.3 is 5.32 Å². The number of amides is 1. The predicted octanol–water partition coefficient (Wildman–Crippen LogP) is 2.32. The third-order valence-electron chi connectivity index (χ3n) is 4.84. The van der Waals surface area contributed by atoms with Gasteiger partial charge in [0.1, 0.15) is 0 Å². The summed E-state index contributed by atoms with van der Waals surface area (Å²) in [6.45, 7) is 0.803. The first-order valence-corrected chi connectivity index (χ1v) is 10.9. The van der Waals surface area contributed by atoms with Gasteiger partial charge in [-0.1, -0.05) is 24.3 Å². The highest BCUT2D eigenvalue weighted by molar-refractivity contribution is 7.88. The van der Waals surface area contributed by atoms with Gasteiger partial charge in [0.05, 0.1) is 11.9 Å². The molecule has 0 spiro atoms. The maximum Gasteiger partial charge on any atom is 0.229 e. The molecule has 132 valence electrons. The molecule has 1 aliphatic heterocycles. The van der Waals surface area contributed by atoms with E-state index in [9.17, 15) is 13.2 Å². The molecular formula is C17H19N3O3S2. The Labute approximate surface area is 150 Å². The normalized spacial score (nSPS) is 18.0. The minimum Gasteiger partial charge on any atom is -0.302 e. The Hall–Kier alpha value is -1.77. The maximum atomic E-state index is 12.5. The summed E-state index contributed by atoms with van der Waals surface area (Å²) in [5, 5.41) is 3.56. The standard InChI is InChI=1S/C17H19N3O3S2/c1-25(22,23)20-8-6-11(7-9-20)16(21)19-17-18-15-13-5-3-2-4-12(13)10-14(15)24-17/h2-5,11H,6-10H2,1H3,(H,18,19,21). The number of carbonyl (C=O) groups excluding carboxylic acids is 1. The smallest absolute Gasteiger partial charge is 0.229 e. The van der Waals surface area contributed by atoms with E-state index in [2.05, 4.69) is 22.4 Å². The summed E-state index contributed by atoms with van der Waals surface area (Å²) in [5.41, 5.74) is 3.40. The Morgan fingerprint density at radius 2 is 2.00 bits per heavy atom. The summed E-state index contributed by atoms with van der Waals surface area (Å²) >= 11 is 1.53. The zero-order chi connectivity index (χ0) is 17.6. The lowest BCUT2D eigenvalue weighted by molar-refractivity contribution is -0.120. The molecule has 2 aliphatic rings. The lowest BCUT2D eigenvalue weighted by Crippen LogP contribution is -2.40. The van der Waals surface area contributed by atoms with E-state index in [0.29, 0.717) is 31.1 Å². The van der Waals surface area contributed by atoms with Crippen LogP contribution in [-0.4, -0.2) is 43.0 Å². The number of thiazole rings is 1. The lowest BCUT2D eigenvalue weighted by Gasteiger charge is -2.29. The molecule has 8 heteroatoms. The maximum absolute atomic E-state index is 12.5. The summed E-state index contributed by atoms with van der Waals surface area (Å²) < 4.78 is 24.5. The number of nitrogens with zero attached hydrogens (tertiary/aromatic N) is 2. The Bertz CT molecular complexity index is 928. The highest BCUT2D eigenvalue weighted by atomic mass is 32.2. The van der Waals surface area contributed by atoms with Crippen LogP contribution in [0.1, 0.15) is 23.3 Å². The molecule has 0 saturated carbocycles. The van der Waals surface area contributed by atoms with E-state index in [1.165, 1.54) is 32.3 Å². The molecule has 25 heavy (non-hydrogen) atoms. The van der Waals surface area contributed by atoms with Gasteiger partial charge in [-0.3, -0.25) is 4.79 Å². The molecule has 1 aromatic heterocycles. The van der Waals surface area contributed by atoms with Crippen LogP contribution in [0, 0.1) is 5.92 Å². The number of carbonyl (C=O) groups is 1. The molecule has 0 bridgehead atoms. The van der Waals surface area contributed by atoms with Crippen molar-refractivity contribution in [3.63, 3.8) is 0 Å². The fourth-order valence-electron chi connectivity index (χ4n) is 3.47. The largest absolute Gasteiger partial charge is 0.302 e. The van der Waals surface area contributed by atoms with Crippen molar-refractivity contribution in [2.75, 3.05) is 24.7 Å². The monoisotopic (exact) mass is 377 g/mol. The predicted molar refractivity (Wildman–Crippen MR) is 98.1 cm³/mol. The molecule has 1 aliphatic carbocycles. The average molecular weight is 377 g/mol. The minimum atomic E-state index is -3.17. The molecule has 0 unspecified atom stereocenters. The molecule has 1 fully saturated rings. The van der Waals surface area contributed by atoms with E-state index in [4.69, 9.17) is 0 Å². The van der Waals surface area contributed by atoms with Gasteiger partial charge in [-0.15, -0.1) is 11.3 Å². The van der Waals surface area contributed by atoms with Crippen molar-refractivity contribution in [1.29, 1.82) is 0 Å². The summed E-state index contributed by atoms with van der Waals surface area (Å²) in [5.74, 6) is -0.224. The van der Waals surface area contributed by atoms with E-state index in [0.717, 1.165) is 17.7 Å². The number of piperidine rings is 1. The zero-order valence-electron chi connectivity index (χ0n) is 13.9. The first kappa shape index (κ1) is 16.7. The molecule has 0 radical (unpaired) electrons. The fraction of sp³-hybridized carbons (Fsp3) is 0.412. The number of hydrogen-bond donors (Lipinski definition) is 1. The third kappa shape index (κ3) is 3.21. The highest BCUT2D eigenvalue weighted by Crippen LogP contribution is 2.41. The number of rotatable bonds is 3. The molecule has 1 N–H and O–H groups in total. The van der Waals surface area contributed by atoms with E-state index >= 15 is 0 Å². The number of benzene rings is 1. The van der Waals surface area contributed by atoms with Crippen LogP contribution in [0.25, 0.3) is 11.3 Å². The van der Waals surface area contributed by atoms with Crippen molar-refractivity contribution in [2.24, 2.45) is 5.92 Å². The highest BCUT2D eigenvalue weighted by Gasteiger charge is 2.30. The first-order valence-electron chi connectivity index (χ1n) is 8.26. The van der Waals surface area contributed by atoms with Crippen molar-refractivity contribution in [2.45, 2.75) is 19.3 Å². The van der Waals surface area contributed by atoms with Crippen LogP contribution < -0.4 is 5.32 Å². The van der Waals surface area contributed by atoms with Crippen LogP contribution in [-0.2, 0) is 21.2 Å². The fourth-order valence-corrected chi connectivity index (χ4v) is 5.35. The van der Waals surface area contributed by atoms with Crippen LogP contribution in [0.5, 0.6) is 0 Å². The summed E-state index contributed by atoms with van der Waals surface area (Å²) in [6.07, 6.45) is 3.17. The number of fused-ring (bicyclic) bond motifs is 3. The van der Waals surface area contributed by atoms with Crippen LogP contribution in [0.3, 0.4) is 0 Å². The van der Waals surface area contributed by atoms with Gasteiger partial charge in [-0.2, -0.15) is 0 Å². The van der Waals surface area contributed by atoms with Gasteiger partial charge in [0.2, 0.25) is 15.9 Å². The Kier molecular flexibility index (Phi) is 4.13. The second kappa shape index (κ2) is 6.19. The summed E-state index contributed by atoms with van der Waals surface area (Å²) in [7, 11) is -3.17. The van der Waals surface area contributed by atoms with E-state index < -0.39 is 10.0 Å². The molecule has 1 saturated heterocycles. The lowest BCUT2D eigenvalue weighted by atomic mass is 9.97. The van der Waals surface area contributed by atoms with E-state index in [1.807, 2.05) is 12.1 Å². The van der Waals surface area contributed by atoms with E-state index in [1.54, 1.807) is 0 Å². The van der Waals surface area contributed by atoms with Crippen molar-refractivity contribution in [3.8, 4) is 11.3 Å². The van der Waals surface area contributed by atoms with Gasteiger partial charge in [-0.25, -0.2) is 17.7 Å². The number of hydrogen-bond acceptors (Lipinski definition) is 5. The second-order valence-corrected chi connectivity index (χ2v) is 9.62. The Morgan fingerprint density at radius 1 is 1.28 bits per heavy atom. The van der Waals surface area contributed by atoms with Crippen molar-refractivity contribution in [3.05, 3.63) is 34.7 Å². The van der Waals surface area contributed by atoms with Crippen LogP contribution in [0.4, 0.5) is 5.13 Å². The van der Waals surface area contributed by atoms with Crippen molar-refractivity contribution in [1.82, 2.24) is 9.29 Å². The SMILES string of the molecule is CS(=O)(=O)N1CCC(C(=O)Nc2nc3c(s2)Cc2ccccc2-3)CC1. The number of sulfonamides is 1. The van der Waals surface area contributed by atoms with Gasteiger partial charge >= 0.3 is 0 Å². The quantitative estimate of drug-likeness (QED) is 0.760. The van der Waals surface area contributed by atoms with Crippen LogP contribution in [0.2, 0.25) is 0 Å². The molecule has 1 aromatic carbocycles. The molecule has 2 aromatic rings. The summed E-state index contributed by atoms with van der Waals surface area (Å²) in [4.78, 5) is 18.3. The summed E-state index contributed by atoms with van der Waals surface area (Å²) in [6, 6.07) is 8.20. The Balaban J connectivity index is 1.42. The number of aromatic nitrogens is 1. The van der Waals surface area contributed by atoms with Crippen LogP contribution >= 0.6 is 11.3 Å². The number of anilines is 1. The van der Waals surface area contributed by atoms with Crippen molar-refractivity contribution >= 4 is 32.4 Å². The molecule has 4 rings (SSSR count). The molecule has 0 atom stereocenters. The van der Waals surface area contributed by atoms with Crippen LogP contribution in [0.15, 0.2) is 24.3 Å². The second-order valence-electron chi connectivity index (χ2n) is 6.55. The molecular weight excluding hydrogens is 358 g/mol. The van der Waals surface area contributed by atoms with Gasteiger partial charge in [0.25, 0.3) is 0 Å². The zero-order valence-corrected chi connectivity index (χ0v) is 15.5. The first-order chi connectivity index (χ1) is 11.9. The average Bonchev–Trinajstić information content (AvgIpc) is 3.11.